The molecule has 26 heavy (non-hydrogen) atoms. The molecular formula is C20H21N3O2S. The molecule has 3 rings (SSSR count). The smallest absolute Gasteiger partial charge is 0.295 e. The highest BCUT2D eigenvalue weighted by Crippen LogP contribution is 2.21. The summed E-state index contributed by atoms with van der Waals surface area (Å²) in [5, 5.41) is 6.45. The topological polar surface area (TPSA) is 55.2 Å². The van der Waals surface area contributed by atoms with Crippen LogP contribution in [-0.2, 0) is 11.3 Å². The molecule has 0 aliphatic rings. The van der Waals surface area contributed by atoms with Crippen molar-refractivity contribution in [2.24, 2.45) is 0 Å². The fraction of sp³-hybridized carbons (Fsp3) is 0.250. The largest absolute Gasteiger partial charge is 0.334 e. The van der Waals surface area contributed by atoms with Gasteiger partial charge in [0.05, 0.1) is 29.2 Å². The van der Waals surface area contributed by atoms with Crippen molar-refractivity contribution in [2.75, 3.05) is 7.05 Å². The molecule has 2 heterocycles. The van der Waals surface area contributed by atoms with Crippen LogP contribution in [0.25, 0.3) is 5.69 Å². The molecule has 0 atom stereocenters. The number of rotatable bonds is 5. The normalized spacial score (nSPS) is 10.8. The summed E-state index contributed by atoms with van der Waals surface area (Å²) in [6, 6.07) is 11.6. The summed E-state index contributed by atoms with van der Waals surface area (Å²) >= 11 is 1.59. The molecule has 0 saturated heterocycles. The number of hydrogen-bond acceptors (Lipinski definition) is 4. The highest BCUT2D eigenvalue weighted by atomic mass is 32.1. The van der Waals surface area contributed by atoms with Crippen LogP contribution < -0.4 is 0 Å². The molecule has 5 nitrogen and oxygen atoms in total. The Bertz CT molecular complexity index is 957. The molecule has 0 aliphatic carbocycles. The first kappa shape index (κ1) is 18.1. The number of carbonyl (C=O) groups excluding carboxylic acids is 2. The van der Waals surface area contributed by atoms with Crippen LogP contribution in [0.1, 0.15) is 32.2 Å². The van der Waals surface area contributed by atoms with Gasteiger partial charge >= 0.3 is 0 Å². The van der Waals surface area contributed by atoms with E-state index < -0.39 is 11.7 Å². The Labute approximate surface area is 156 Å². The number of likely N-dealkylation sites (N-methyl/N-ethyl adjacent to an activating group) is 1. The molecule has 1 amide bonds. The van der Waals surface area contributed by atoms with Gasteiger partial charge in [-0.1, -0.05) is 18.2 Å². The molecule has 0 unspecified atom stereocenters. The van der Waals surface area contributed by atoms with Gasteiger partial charge in [-0.15, -0.1) is 11.3 Å². The van der Waals surface area contributed by atoms with E-state index >= 15 is 0 Å². The quantitative estimate of drug-likeness (QED) is 0.510. The third-order valence-electron chi connectivity index (χ3n) is 4.41. The minimum absolute atomic E-state index is 0.383. The lowest BCUT2D eigenvalue weighted by Gasteiger charge is -2.16. The monoisotopic (exact) mass is 367 g/mol. The number of Topliss-reactive ketones (excluding diaryl/α,β-unsaturated/α-hetero) is 1. The van der Waals surface area contributed by atoms with Crippen LogP contribution in [0.5, 0.6) is 0 Å². The number of ketones is 1. The number of aryl methyl sites for hydroxylation is 2. The maximum atomic E-state index is 12.8. The third kappa shape index (κ3) is 3.32. The summed E-state index contributed by atoms with van der Waals surface area (Å²) in [5.41, 5.74) is 3.61. The van der Waals surface area contributed by atoms with Gasteiger partial charge in [0.2, 0.25) is 0 Å². The summed E-state index contributed by atoms with van der Waals surface area (Å²) in [5.74, 6) is -1.03. The number of carbonyl (C=O) groups is 2. The lowest BCUT2D eigenvalue weighted by molar-refractivity contribution is -0.125. The van der Waals surface area contributed by atoms with Crippen LogP contribution in [0.4, 0.5) is 0 Å². The zero-order chi connectivity index (χ0) is 18.8. The molecule has 134 valence electrons. The predicted octanol–water partition coefficient (Wildman–Crippen LogP) is 3.70. The lowest BCUT2D eigenvalue weighted by atomic mass is 10.1. The van der Waals surface area contributed by atoms with Crippen molar-refractivity contribution in [3.05, 3.63) is 69.2 Å². The molecule has 0 saturated carbocycles. The molecule has 2 aromatic heterocycles. The summed E-state index contributed by atoms with van der Waals surface area (Å²) in [6.45, 7) is 6.01. The fourth-order valence-corrected chi connectivity index (χ4v) is 3.88. The number of thiophene rings is 1. The van der Waals surface area contributed by atoms with Crippen LogP contribution in [0.2, 0.25) is 0 Å². The first-order chi connectivity index (χ1) is 12.4. The second-order valence-electron chi connectivity index (χ2n) is 6.31. The molecule has 0 fully saturated rings. The van der Waals surface area contributed by atoms with Crippen molar-refractivity contribution in [3.8, 4) is 5.69 Å². The molecule has 0 bridgehead atoms. The number of hydrogen-bond donors (Lipinski definition) is 0. The summed E-state index contributed by atoms with van der Waals surface area (Å²) in [6.07, 6.45) is 0. The number of benzene rings is 1. The van der Waals surface area contributed by atoms with E-state index in [0.29, 0.717) is 23.5 Å². The van der Waals surface area contributed by atoms with E-state index in [1.807, 2.05) is 55.6 Å². The van der Waals surface area contributed by atoms with Gasteiger partial charge in [-0.3, -0.25) is 9.59 Å². The van der Waals surface area contributed by atoms with Gasteiger partial charge in [0.15, 0.2) is 0 Å². The molecule has 0 radical (unpaired) electrons. The molecule has 0 spiro atoms. The van der Waals surface area contributed by atoms with Gasteiger partial charge in [0.25, 0.3) is 11.7 Å². The molecule has 0 aliphatic heterocycles. The Morgan fingerprint density at radius 2 is 1.81 bits per heavy atom. The fourth-order valence-electron chi connectivity index (χ4n) is 2.93. The number of nitrogens with zero attached hydrogens (tertiary/aromatic N) is 3. The van der Waals surface area contributed by atoms with Gasteiger partial charge in [-0.2, -0.15) is 5.10 Å². The minimum Gasteiger partial charge on any atom is -0.334 e. The Balaban J connectivity index is 1.87. The summed E-state index contributed by atoms with van der Waals surface area (Å²) < 4.78 is 1.71. The highest BCUT2D eigenvalue weighted by molar-refractivity contribution is 7.10. The van der Waals surface area contributed by atoms with Crippen molar-refractivity contribution in [3.63, 3.8) is 0 Å². The van der Waals surface area contributed by atoms with Gasteiger partial charge in [0, 0.05) is 11.9 Å². The second kappa shape index (κ2) is 7.25. The zero-order valence-electron chi connectivity index (χ0n) is 15.3. The molecular weight excluding hydrogens is 346 g/mol. The van der Waals surface area contributed by atoms with E-state index in [-0.39, 0.29) is 0 Å². The Kier molecular flexibility index (Phi) is 5.04. The SMILES string of the molecule is Cc1ccsc1CN(C)C(=O)C(=O)c1c(C)nn(-c2ccccc2)c1C. The van der Waals surface area contributed by atoms with Gasteiger partial charge in [0.1, 0.15) is 0 Å². The predicted molar refractivity (Wildman–Crippen MR) is 103 cm³/mol. The van der Waals surface area contributed by atoms with E-state index in [9.17, 15) is 9.59 Å². The van der Waals surface area contributed by atoms with Gasteiger partial charge < -0.3 is 4.90 Å². The number of amides is 1. The third-order valence-corrected chi connectivity index (χ3v) is 5.42. The van der Waals surface area contributed by atoms with Crippen LogP contribution in [0, 0.1) is 20.8 Å². The maximum absolute atomic E-state index is 12.8. The van der Waals surface area contributed by atoms with E-state index in [2.05, 4.69) is 5.10 Å². The lowest BCUT2D eigenvalue weighted by Crippen LogP contribution is -2.33. The van der Waals surface area contributed by atoms with Crippen molar-refractivity contribution in [1.29, 1.82) is 0 Å². The van der Waals surface area contributed by atoms with Crippen LogP contribution in [0.15, 0.2) is 41.8 Å². The van der Waals surface area contributed by atoms with Crippen molar-refractivity contribution >= 4 is 23.0 Å². The minimum atomic E-state index is -0.517. The van der Waals surface area contributed by atoms with E-state index in [0.717, 1.165) is 16.1 Å². The zero-order valence-corrected chi connectivity index (χ0v) is 16.1. The summed E-state index contributed by atoms with van der Waals surface area (Å²) in [7, 11) is 1.66. The van der Waals surface area contributed by atoms with E-state index in [1.165, 1.54) is 4.90 Å². The Hall–Kier alpha value is -2.73. The van der Waals surface area contributed by atoms with E-state index in [4.69, 9.17) is 0 Å². The van der Waals surface area contributed by atoms with Crippen molar-refractivity contribution in [2.45, 2.75) is 27.3 Å². The van der Waals surface area contributed by atoms with Gasteiger partial charge in [-0.05, 0) is 49.9 Å². The van der Waals surface area contributed by atoms with Crippen molar-refractivity contribution in [1.82, 2.24) is 14.7 Å². The average molecular weight is 367 g/mol. The molecule has 6 heteroatoms. The summed E-state index contributed by atoms with van der Waals surface area (Å²) in [4.78, 5) is 28.1. The standard InChI is InChI=1S/C20H21N3O2S/c1-13-10-11-26-17(13)12-22(4)20(25)19(24)18-14(2)21-23(15(18)3)16-8-6-5-7-9-16/h5-11H,12H2,1-4H3. The molecule has 3 aromatic rings. The Morgan fingerprint density at radius 3 is 2.42 bits per heavy atom. The highest BCUT2D eigenvalue weighted by Gasteiger charge is 2.27. The molecule has 0 N–H and O–H groups in total. The van der Waals surface area contributed by atoms with Crippen LogP contribution >= 0.6 is 11.3 Å². The van der Waals surface area contributed by atoms with E-state index in [1.54, 1.807) is 30.0 Å². The maximum Gasteiger partial charge on any atom is 0.295 e. The number of aromatic nitrogens is 2. The number of para-hydroxylation sites is 1. The average Bonchev–Trinajstić information content (AvgIpc) is 3.17. The molecule has 1 aromatic carbocycles. The second-order valence-corrected chi connectivity index (χ2v) is 7.31. The Morgan fingerprint density at radius 1 is 1.12 bits per heavy atom. The van der Waals surface area contributed by atoms with Gasteiger partial charge in [-0.25, -0.2) is 4.68 Å². The first-order valence-corrected chi connectivity index (χ1v) is 9.22. The first-order valence-electron chi connectivity index (χ1n) is 8.34. The van der Waals surface area contributed by atoms with Crippen LogP contribution in [-0.4, -0.2) is 33.4 Å². The van der Waals surface area contributed by atoms with Crippen LogP contribution in [0.3, 0.4) is 0 Å². The van der Waals surface area contributed by atoms with Crippen molar-refractivity contribution < 1.29 is 9.59 Å².